The van der Waals surface area contributed by atoms with Gasteiger partial charge < -0.3 is 9.64 Å². The van der Waals surface area contributed by atoms with Gasteiger partial charge in [0.05, 0.1) is 13.2 Å². The second-order valence-electron chi connectivity index (χ2n) is 7.01. The Labute approximate surface area is 158 Å². The van der Waals surface area contributed by atoms with Crippen molar-refractivity contribution in [3.63, 3.8) is 0 Å². The topological polar surface area (TPSA) is 83.6 Å². The van der Waals surface area contributed by atoms with Crippen LogP contribution in [0, 0.1) is 5.92 Å². The fraction of sp³-hybridized carbons (Fsp3) is 0.722. The number of amides is 2. The third-order valence-electron chi connectivity index (χ3n) is 5.06. The van der Waals surface area contributed by atoms with Crippen LogP contribution in [0.3, 0.4) is 0 Å². The van der Waals surface area contributed by atoms with Crippen LogP contribution < -0.4 is 15.8 Å². The van der Waals surface area contributed by atoms with Gasteiger partial charge in [0.1, 0.15) is 5.69 Å². The smallest absolute Gasteiger partial charge is 0.289 e. The minimum atomic E-state index is -0.374. The summed E-state index contributed by atoms with van der Waals surface area (Å²) in [6.07, 6.45) is 9.04. The molecule has 0 aromatic carbocycles. The normalized spacial score (nSPS) is 18.5. The lowest BCUT2D eigenvalue weighted by atomic mass is 9.86. The molecular formula is C18H28N4O3S. The van der Waals surface area contributed by atoms with Crippen LogP contribution in [0.1, 0.15) is 61.9 Å². The monoisotopic (exact) mass is 380 g/mol. The fourth-order valence-electron chi connectivity index (χ4n) is 3.55. The maximum absolute atomic E-state index is 12.1. The Kier molecular flexibility index (Phi) is 7.25. The lowest BCUT2D eigenvalue weighted by Gasteiger charge is -2.25. The van der Waals surface area contributed by atoms with Crippen molar-refractivity contribution in [2.24, 2.45) is 5.92 Å². The van der Waals surface area contributed by atoms with Gasteiger partial charge in [-0.3, -0.25) is 20.4 Å². The Morgan fingerprint density at radius 2 is 1.96 bits per heavy atom. The molecule has 7 nitrogen and oxygen atoms in total. The molecule has 3 rings (SSSR count). The fourth-order valence-corrected chi connectivity index (χ4v) is 4.41. The third kappa shape index (κ3) is 5.67. The van der Waals surface area contributed by atoms with E-state index in [2.05, 4.69) is 20.7 Å². The quantitative estimate of drug-likeness (QED) is 0.741. The van der Waals surface area contributed by atoms with Gasteiger partial charge in [0.15, 0.2) is 5.13 Å². The van der Waals surface area contributed by atoms with E-state index in [4.69, 9.17) is 4.74 Å². The molecule has 2 N–H and O–H groups in total. The van der Waals surface area contributed by atoms with Gasteiger partial charge in [0.2, 0.25) is 5.91 Å². The Morgan fingerprint density at radius 1 is 1.19 bits per heavy atom. The van der Waals surface area contributed by atoms with Crippen LogP contribution in [0.2, 0.25) is 0 Å². The second kappa shape index (κ2) is 9.87. The summed E-state index contributed by atoms with van der Waals surface area (Å²) in [4.78, 5) is 30.5. The van der Waals surface area contributed by atoms with Gasteiger partial charge in [-0.05, 0) is 18.8 Å². The Bertz CT molecular complexity index is 595. The molecule has 0 atom stereocenters. The van der Waals surface area contributed by atoms with E-state index >= 15 is 0 Å². The van der Waals surface area contributed by atoms with Crippen molar-refractivity contribution in [2.45, 2.75) is 51.4 Å². The van der Waals surface area contributed by atoms with E-state index in [0.29, 0.717) is 25.3 Å². The van der Waals surface area contributed by atoms with E-state index in [0.717, 1.165) is 37.0 Å². The molecule has 0 bridgehead atoms. The van der Waals surface area contributed by atoms with Gasteiger partial charge in [-0.25, -0.2) is 4.98 Å². The molecule has 0 unspecified atom stereocenters. The van der Waals surface area contributed by atoms with E-state index in [1.165, 1.54) is 43.4 Å². The first-order valence-corrected chi connectivity index (χ1v) is 10.5. The zero-order chi connectivity index (χ0) is 18.2. The lowest BCUT2D eigenvalue weighted by molar-refractivity contribution is -0.122. The number of thiazole rings is 1. The zero-order valence-electron chi connectivity index (χ0n) is 15.2. The van der Waals surface area contributed by atoms with Crippen LogP contribution in [0.5, 0.6) is 0 Å². The van der Waals surface area contributed by atoms with Crippen molar-refractivity contribution in [3.05, 3.63) is 11.1 Å². The molecule has 144 valence electrons. The number of hydrogen-bond acceptors (Lipinski definition) is 6. The Morgan fingerprint density at radius 3 is 2.73 bits per heavy atom. The van der Waals surface area contributed by atoms with Crippen molar-refractivity contribution in [2.75, 3.05) is 31.2 Å². The molecule has 1 aliphatic carbocycles. The average molecular weight is 381 g/mol. The summed E-state index contributed by atoms with van der Waals surface area (Å²) in [5.74, 6) is 0.263. The van der Waals surface area contributed by atoms with Crippen molar-refractivity contribution in [3.8, 4) is 0 Å². The predicted molar refractivity (Wildman–Crippen MR) is 101 cm³/mol. The first-order chi connectivity index (χ1) is 12.7. The molecule has 1 aromatic rings. The molecule has 0 spiro atoms. The molecule has 2 heterocycles. The molecule has 2 aliphatic rings. The standard InChI is InChI=1S/C18H28N4O3S/c23-16(8-4-7-14-5-2-1-3-6-14)20-21-17(24)15-13-26-18(19-15)22-9-11-25-12-10-22/h13-14H,1-12H2,(H,20,23)(H,21,24). The zero-order valence-corrected chi connectivity index (χ0v) is 16.0. The predicted octanol–water partition coefficient (Wildman–Crippen LogP) is 2.49. The van der Waals surface area contributed by atoms with Crippen LogP contribution in [0.25, 0.3) is 0 Å². The number of hydrazine groups is 1. The van der Waals surface area contributed by atoms with E-state index in [9.17, 15) is 9.59 Å². The summed E-state index contributed by atoms with van der Waals surface area (Å²) >= 11 is 1.43. The molecule has 1 aliphatic heterocycles. The van der Waals surface area contributed by atoms with Gasteiger partial charge in [-0.1, -0.05) is 32.1 Å². The summed E-state index contributed by atoms with van der Waals surface area (Å²) in [7, 11) is 0. The number of morpholine rings is 1. The van der Waals surface area contributed by atoms with E-state index in [-0.39, 0.29) is 11.8 Å². The molecule has 1 aromatic heterocycles. The first kappa shape index (κ1) is 19.1. The van der Waals surface area contributed by atoms with Crippen molar-refractivity contribution >= 4 is 28.3 Å². The largest absolute Gasteiger partial charge is 0.378 e. The number of aromatic nitrogens is 1. The SMILES string of the molecule is O=C(CCCC1CCCCC1)NNC(=O)c1csc(N2CCOCC2)n1. The summed E-state index contributed by atoms with van der Waals surface area (Å²) in [5, 5.41) is 2.53. The van der Waals surface area contributed by atoms with Gasteiger partial charge in [0, 0.05) is 24.9 Å². The van der Waals surface area contributed by atoms with Crippen LogP contribution in [-0.4, -0.2) is 43.1 Å². The second-order valence-corrected chi connectivity index (χ2v) is 7.85. The number of nitrogens with one attached hydrogen (secondary N) is 2. The van der Waals surface area contributed by atoms with Crippen LogP contribution in [-0.2, 0) is 9.53 Å². The number of carbonyl (C=O) groups is 2. The molecular weight excluding hydrogens is 352 g/mol. The maximum Gasteiger partial charge on any atom is 0.289 e. The molecule has 0 radical (unpaired) electrons. The highest BCUT2D eigenvalue weighted by Crippen LogP contribution is 2.27. The van der Waals surface area contributed by atoms with Gasteiger partial charge >= 0.3 is 0 Å². The number of anilines is 1. The molecule has 1 saturated heterocycles. The average Bonchev–Trinajstić information content (AvgIpc) is 3.18. The minimum Gasteiger partial charge on any atom is -0.378 e. The van der Waals surface area contributed by atoms with Gasteiger partial charge in [-0.2, -0.15) is 0 Å². The van der Waals surface area contributed by atoms with Crippen molar-refractivity contribution in [1.82, 2.24) is 15.8 Å². The lowest BCUT2D eigenvalue weighted by Crippen LogP contribution is -2.41. The number of nitrogens with zero attached hydrogens (tertiary/aromatic N) is 2. The summed E-state index contributed by atoms with van der Waals surface area (Å²) in [6.45, 7) is 2.93. The van der Waals surface area contributed by atoms with Crippen molar-refractivity contribution in [1.29, 1.82) is 0 Å². The third-order valence-corrected chi connectivity index (χ3v) is 5.96. The highest BCUT2D eigenvalue weighted by molar-refractivity contribution is 7.13. The molecule has 2 fully saturated rings. The Balaban J connectivity index is 1.35. The Hall–Kier alpha value is -1.67. The number of carbonyl (C=O) groups excluding carboxylic acids is 2. The highest BCUT2D eigenvalue weighted by atomic mass is 32.1. The number of ether oxygens (including phenoxy) is 1. The van der Waals surface area contributed by atoms with Crippen LogP contribution >= 0.6 is 11.3 Å². The van der Waals surface area contributed by atoms with E-state index < -0.39 is 0 Å². The number of hydrogen-bond donors (Lipinski definition) is 2. The highest BCUT2D eigenvalue weighted by Gasteiger charge is 2.18. The molecule has 1 saturated carbocycles. The van der Waals surface area contributed by atoms with E-state index in [1.54, 1.807) is 5.38 Å². The maximum atomic E-state index is 12.1. The number of rotatable bonds is 6. The van der Waals surface area contributed by atoms with E-state index in [1.807, 2.05) is 0 Å². The summed E-state index contributed by atoms with van der Waals surface area (Å²) in [5.41, 5.74) is 5.30. The molecule has 26 heavy (non-hydrogen) atoms. The molecule has 2 amide bonds. The van der Waals surface area contributed by atoms with Crippen molar-refractivity contribution < 1.29 is 14.3 Å². The summed E-state index contributed by atoms with van der Waals surface area (Å²) < 4.78 is 5.32. The van der Waals surface area contributed by atoms with Gasteiger partial charge in [0.25, 0.3) is 5.91 Å². The van der Waals surface area contributed by atoms with Gasteiger partial charge in [-0.15, -0.1) is 11.3 Å². The first-order valence-electron chi connectivity index (χ1n) is 9.60. The van der Waals surface area contributed by atoms with Crippen LogP contribution in [0.4, 0.5) is 5.13 Å². The van der Waals surface area contributed by atoms with Crippen LogP contribution in [0.15, 0.2) is 5.38 Å². The summed E-state index contributed by atoms with van der Waals surface area (Å²) in [6, 6.07) is 0. The minimum absolute atomic E-state index is 0.141. The molecule has 8 heteroatoms.